The molecule has 1 aliphatic heterocycles. The van der Waals surface area contributed by atoms with Gasteiger partial charge in [0.05, 0.1) is 0 Å². The molecule has 0 radical (unpaired) electrons. The fourth-order valence-corrected chi connectivity index (χ4v) is 2.23. The zero-order valence-electron chi connectivity index (χ0n) is 10.6. The molecule has 5 N–H and O–H groups in total. The van der Waals surface area contributed by atoms with Gasteiger partial charge in [-0.1, -0.05) is 0 Å². The Morgan fingerprint density at radius 3 is 2.74 bits per heavy atom. The lowest BCUT2D eigenvalue weighted by Gasteiger charge is -2.23. The summed E-state index contributed by atoms with van der Waals surface area (Å²) in [6.45, 7) is 0.754. The standard InChI is InChI=1S/C12H18N6O/c13-18-10-6-9(16-11(17-10)7-3-4-7)15-8-2-1-5-14-12(8)19/h6-8H,1-5,13H2,(H,14,19)(H2,15,16,17,18). The van der Waals surface area contributed by atoms with Crippen LogP contribution in [0, 0.1) is 0 Å². The molecular weight excluding hydrogens is 244 g/mol. The molecule has 1 aliphatic carbocycles. The van der Waals surface area contributed by atoms with Crippen molar-refractivity contribution in [2.75, 3.05) is 17.3 Å². The highest BCUT2D eigenvalue weighted by Crippen LogP contribution is 2.38. The van der Waals surface area contributed by atoms with Crippen molar-refractivity contribution in [1.82, 2.24) is 15.3 Å². The number of nitrogens with zero attached hydrogens (tertiary/aromatic N) is 2. The third-order valence-electron chi connectivity index (χ3n) is 3.44. The van der Waals surface area contributed by atoms with Gasteiger partial charge in [0.2, 0.25) is 5.91 Å². The minimum Gasteiger partial charge on any atom is -0.358 e. The molecule has 0 bridgehead atoms. The van der Waals surface area contributed by atoms with Crippen molar-refractivity contribution in [1.29, 1.82) is 0 Å². The van der Waals surface area contributed by atoms with Crippen LogP contribution in [0.1, 0.15) is 37.4 Å². The highest BCUT2D eigenvalue weighted by Gasteiger charge is 2.28. The van der Waals surface area contributed by atoms with Gasteiger partial charge in [0.25, 0.3) is 0 Å². The van der Waals surface area contributed by atoms with Crippen LogP contribution in [0.3, 0.4) is 0 Å². The molecule has 3 rings (SSSR count). The van der Waals surface area contributed by atoms with Gasteiger partial charge < -0.3 is 16.1 Å². The van der Waals surface area contributed by atoms with E-state index in [2.05, 4.69) is 26.0 Å². The summed E-state index contributed by atoms with van der Waals surface area (Å²) in [5.41, 5.74) is 2.55. The van der Waals surface area contributed by atoms with Gasteiger partial charge in [-0.2, -0.15) is 0 Å². The molecule has 1 amide bonds. The number of carbonyl (C=O) groups excluding carboxylic acids is 1. The Morgan fingerprint density at radius 1 is 1.26 bits per heavy atom. The molecule has 1 aromatic heterocycles. The maximum Gasteiger partial charge on any atom is 0.242 e. The number of nitrogens with one attached hydrogen (secondary N) is 3. The molecule has 7 nitrogen and oxygen atoms in total. The maximum absolute atomic E-state index is 11.7. The minimum absolute atomic E-state index is 0.0279. The van der Waals surface area contributed by atoms with E-state index >= 15 is 0 Å². The maximum atomic E-state index is 11.7. The van der Waals surface area contributed by atoms with Crippen LogP contribution >= 0.6 is 0 Å². The van der Waals surface area contributed by atoms with E-state index in [1.807, 2.05) is 0 Å². The number of hydrazine groups is 1. The number of hydrogen-bond donors (Lipinski definition) is 4. The summed E-state index contributed by atoms with van der Waals surface area (Å²) >= 11 is 0. The van der Waals surface area contributed by atoms with E-state index in [9.17, 15) is 4.79 Å². The monoisotopic (exact) mass is 262 g/mol. The van der Waals surface area contributed by atoms with Crippen LogP contribution in [-0.4, -0.2) is 28.5 Å². The van der Waals surface area contributed by atoms with Crippen LogP contribution in [0.4, 0.5) is 11.6 Å². The second-order valence-corrected chi connectivity index (χ2v) is 5.05. The van der Waals surface area contributed by atoms with Crippen molar-refractivity contribution in [3.63, 3.8) is 0 Å². The molecule has 19 heavy (non-hydrogen) atoms. The van der Waals surface area contributed by atoms with E-state index < -0.39 is 0 Å². The number of piperidine rings is 1. The van der Waals surface area contributed by atoms with Gasteiger partial charge in [0, 0.05) is 18.5 Å². The number of hydrogen-bond acceptors (Lipinski definition) is 6. The lowest BCUT2D eigenvalue weighted by Crippen LogP contribution is -2.44. The predicted molar refractivity (Wildman–Crippen MR) is 71.5 cm³/mol. The molecule has 2 fully saturated rings. The van der Waals surface area contributed by atoms with Crippen LogP contribution in [0.25, 0.3) is 0 Å². The van der Waals surface area contributed by atoms with Gasteiger partial charge in [0.1, 0.15) is 23.5 Å². The first-order chi connectivity index (χ1) is 9.26. The Balaban J connectivity index is 1.78. The smallest absolute Gasteiger partial charge is 0.242 e. The highest BCUT2D eigenvalue weighted by molar-refractivity contribution is 5.85. The predicted octanol–water partition coefficient (Wildman–Crippen LogP) is 0.330. The lowest BCUT2D eigenvalue weighted by molar-refractivity contribution is -0.123. The van der Waals surface area contributed by atoms with E-state index in [1.165, 1.54) is 0 Å². The summed E-state index contributed by atoms with van der Waals surface area (Å²) in [5.74, 6) is 7.93. The summed E-state index contributed by atoms with van der Waals surface area (Å²) in [4.78, 5) is 20.5. The van der Waals surface area contributed by atoms with E-state index in [4.69, 9.17) is 5.84 Å². The summed E-state index contributed by atoms with van der Waals surface area (Å²) < 4.78 is 0. The third-order valence-corrected chi connectivity index (χ3v) is 3.44. The highest BCUT2D eigenvalue weighted by atomic mass is 16.2. The van der Waals surface area contributed by atoms with E-state index in [1.54, 1.807) is 6.07 Å². The summed E-state index contributed by atoms with van der Waals surface area (Å²) in [6.07, 6.45) is 4.04. The molecule has 7 heteroatoms. The van der Waals surface area contributed by atoms with Crippen LogP contribution in [0.5, 0.6) is 0 Å². The number of amides is 1. The molecule has 102 valence electrons. The van der Waals surface area contributed by atoms with Crippen LogP contribution in [0.2, 0.25) is 0 Å². The van der Waals surface area contributed by atoms with Crippen LogP contribution in [-0.2, 0) is 4.79 Å². The van der Waals surface area contributed by atoms with Gasteiger partial charge in [-0.3, -0.25) is 4.79 Å². The molecule has 1 atom stereocenters. The van der Waals surface area contributed by atoms with E-state index in [-0.39, 0.29) is 11.9 Å². The normalized spacial score (nSPS) is 22.8. The lowest BCUT2D eigenvalue weighted by atomic mass is 10.1. The zero-order chi connectivity index (χ0) is 13.2. The summed E-state index contributed by atoms with van der Waals surface area (Å²) in [7, 11) is 0. The second-order valence-electron chi connectivity index (χ2n) is 5.05. The molecule has 2 heterocycles. The summed E-state index contributed by atoms with van der Waals surface area (Å²) in [6, 6.07) is 1.51. The number of rotatable bonds is 4. The van der Waals surface area contributed by atoms with Crippen molar-refractivity contribution in [3.05, 3.63) is 11.9 Å². The van der Waals surface area contributed by atoms with Gasteiger partial charge in [-0.05, 0) is 25.7 Å². The van der Waals surface area contributed by atoms with E-state index in [0.717, 1.165) is 38.1 Å². The molecule has 1 unspecified atom stereocenters. The van der Waals surface area contributed by atoms with Gasteiger partial charge in [0.15, 0.2) is 0 Å². The first-order valence-corrected chi connectivity index (χ1v) is 6.66. The number of carbonyl (C=O) groups is 1. The quantitative estimate of drug-likeness (QED) is 0.460. The number of nitrogens with two attached hydrogens (primary N) is 1. The zero-order valence-corrected chi connectivity index (χ0v) is 10.6. The Bertz CT molecular complexity index is 487. The first kappa shape index (κ1) is 12.2. The number of aromatic nitrogens is 2. The molecule has 1 saturated carbocycles. The van der Waals surface area contributed by atoms with Crippen LogP contribution < -0.4 is 21.9 Å². The fourth-order valence-electron chi connectivity index (χ4n) is 2.23. The van der Waals surface area contributed by atoms with Gasteiger partial charge >= 0.3 is 0 Å². The summed E-state index contributed by atoms with van der Waals surface area (Å²) in [5, 5.41) is 6.02. The molecule has 0 aromatic carbocycles. The molecule has 0 spiro atoms. The average molecular weight is 262 g/mol. The SMILES string of the molecule is NNc1cc(NC2CCCNC2=O)nc(C2CC2)n1. The Labute approximate surface area is 111 Å². The Morgan fingerprint density at radius 2 is 2.05 bits per heavy atom. The minimum atomic E-state index is -0.221. The van der Waals surface area contributed by atoms with Crippen molar-refractivity contribution in [3.8, 4) is 0 Å². The molecule has 1 aromatic rings. The first-order valence-electron chi connectivity index (χ1n) is 6.66. The Hall–Kier alpha value is -1.89. The average Bonchev–Trinajstić information content (AvgIpc) is 3.25. The topological polar surface area (TPSA) is 105 Å². The third kappa shape index (κ3) is 2.76. The van der Waals surface area contributed by atoms with Gasteiger partial charge in [-0.15, -0.1) is 0 Å². The molecule has 1 saturated heterocycles. The van der Waals surface area contributed by atoms with E-state index in [0.29, 0.717) is 17.6 Å². The van der Waals surface area contributed by atoms with Gasteiger partial charge in [-0.25, -0.2) is 15.8 Å². The Kier molecular flexibility index (Phi) is 3.20. The van der Waals surface area contributed by atoms with Crippen molar-refractivity contribution in [2.24, 2.45) is 5.84 Å². The fraction of sp³-hybridized carbons (Fsp3) is 0.583. The van der Waals surface area contributed by atoms with Crippen molar-refractivity contribution in [2.45, 2.75) is 37.6 Å². The molecular formula is C12H18N6O. The molecule has 2 aliphatic rings. The second kappa shape index (κ2) is 5.00. The van der Waals surface area contributed by atoms with Crippen molar-refractivity contribution >= 4 is 17.5 Å². The number of anilines is 2. The van der Waals surface area contributed by atoms with Crippen molar-refractivity contribution < 1.29 is 4.79 Å². The van der Waals surface area contributed by atoms with Crippen LogP contribution in [0.15, 0.2) is 6.07 Å². The number of nitrogen functional groups attached to an aromatic ring is 1. The largest absolute Gasteiger partial charge is 0.358 e.